The number of benzene rings is 2. The zero-order chi connectivity index (χ0) is 32.5. The highest BCUT2D eigenvalue weighted by molar-refractivity contribution is 6.38. The van der Waals surface area contributed by atoms with Gasteiger partial charge in [0.25, 0.3) is 11.8 Å². The number of methoxy groups -OCH3 is 1. The lowest BCUT2D eigenvalue weighted by Gasteiger charge is -2.32. The molecular formula is C34H44N4O7. The highest BCUT2D eigenvalue weighted by Gasteiger charge is 2.40. The van der Waals surface area contributed by atoms with Crippen molar-refractivity contribution in [3.8, 4) is 0 Å². The van der Waals surface area contributed by atoms with E-state index in [-0.39, 0.29) is 17.7 Å². The Kier molecular flexibility index (Phi) is 11.7. The number of rotatable bonds is 12. The molecule has 242 valence electrons. The summed E-state index contributed by atoms with van der Waals surface area (Å²) in [6.07, 6.45) is 6.73. The number of hydrogen-bond acceptors (Lipinski definition) is 7. The van der Waals surface area contributed by atoms with Crippen molar-refractivity contribution in [3.63, 3.8) is 0 Å². The molecule has 11 nitrogen and oxygen atoms in total. The van der Waals surface area contributed by atoms with E-state index in [4.69, 9.17) is 0 Å². The molecule has 2 fully saturated rings. The second-order valence-corrected chi connectivity index (χ2v) is 12.4. The number of esters is 1. The number of amides is 4. The van der Waals surface area contributed by atoms with Crippen LogP contribution in [0.2, 0.25) is 0 Å². The van der Waals surface area contributed by atoms with Crippen LogP contribution in [-0.2, 0) is 28.7 Å². The molecule has 3 atom stereocenters. The summed E-state index contributed by atoms with van der Waals surface area (Å²) in [4.78, 5) is 79.4. The van der Waals surface area contributed by atoms with Crippen molar-refractivity contribution in [3.05, 3.63) is 48.0 Å². The largest absolute Gasteiger partial charge is 0.468 e. The Balaban J connectivity index is 1.49. The summed E-state index contributed by atoms with van der Waals surface area (Å²) in [6, 6.07) is 10.4. The zero-order valence-corrected chi connectivity index (χ0v) is 26.3. The van der Waals surface area contributed by atoms with Crippen LogP contribution in [-0.4, -0.2) is 78.6 Å². The quantitative estimate of drug-likeness (QED) is 0.244. The van der Waals surface area contributed by atoms with Crippen LogP contribution in [0, 0.1) is 11.8 Å². The standard InChI is InChI=1S/C34H44N4O7/c1-21(2)29(30(40)33(43)35-20-28(39)45-3)37-32(42)27-14-9-17-38(27)34(44)26(18-22-10-5-4-6-11-22)36-31(41)25-16-15-23-12-7-8-13-24(23)19-25/h7-8,12-13,15-16,19,21-22,26-27,29H,4-6,9-11,14,17-18,20H2,1-3H3,(H,35,43)(H,36,41)(H,37,42)/t26-,27+,29?/m1/s1. The van der Waals surface area contributed by atoms with E-state index in [1.165, 1.54) is 4.90 Å². The summed E-state index contributed by atoms with van der Waals surface area (Å²) in [6.45, 7) is 3.24. The Hall–Kier alpha value is -4.28. The molecule has 1 aliphatic heterocycles. The third kappa shape index (κ3) is 8.67. The number of carbonyl (C=O) groups excluding carboxylic acids is 6. The van der Waals surface area contributed by atoms with Crippen molar-refractivity contribution < 1.29 is 33.5 Å². The number of fused-ring (bicyclic) bond motifs is 1. The smallest absolute Gasteiger partial charge is 0.325 e. The van der Waals surface area contributed by atoms with Crippen molar-refractivity contribution in [2.45, 2.75) is 83.3 Å². The van der Waals surface area contributed by atoms with E-state index in [0.29, 0.717) is 31.4 Å². The average molecular weight is 621 g/mol. The van der Waals surface area contributed by atoms with Gasteiger partial charge < -0.3 is 25.6 Å². The Morgan fingerprint density at radius 3 is 2.29 bits per heavy atom. The molecule has 1 saturated heterocycles. The first kappa shape index (κ1) is 33.6. The molecule has 1 heterocycles. The van der Waals surface area contributed by atoms with Crippen LogP contribution in [0.4, 0.5) is 0 Å². The molecule has 3 N–H and O–H groups in total. The SMILES string of the molecule is COC(=O)CNC(=O)C(=O)C(NC(=O)[C@@H]1CCCN1C(=O)[C@@H](CC1CCCCC1)NC(=O)c1ccc2ccccc2c1)C(C)C. The maximum atomic E-state index is 14.1. The van der Waals surface area contributed by atoms with Gasteiger partial charge in [0, 0.05) is 12.1 Å². The van der Waals surface area contributed by atoms with Crippen molar-refractivity contribution >= 4 is 46.2 Å². The first-order valence-corrected chi connectivity index (χ1v) is 15.9. The highest BCUT2D eigenvalue weighted by Crippen LogP contribution is 2.29. The number of carbonyl (C=O) groups is 6. The molecule has 0 spiro atoms. The van der Waals surface area contributed by atoms with Crippen LogP contribution in [0.3, 0.4) is 0 Å². The molecular weight excluding hydrogens is 576 g/mol. The van der Waals surface area contributed by atoms with Crippen LogP contribution in [0.5, 0.6) is 0 Å². The molecule has 2 aromatic carbocycles. The van der Waals surface area contributed by atoms with Crippen molar-refractivity contribution in [2.24, 2.45) is 11.8 Å². The Labute approximate surface area is 263 Å². The lowest BCUT2D eigenvalue weighted by Crippen LogP contribution is -2.57. The predicted octanol–water partition coefficient (Wildman–Crippen LogP) is 2.90. The minimum atomic E-state index is -1.15. The Bertz CT molecular complexity index is 1420. The van der Waals surface area contributed by atoms with Gasteiger partial charge in [-0.25, -0.2) is 0 Å². The van der Waals surface area contributed by atoms with Gasteiger partial charge >= 0.3 is 5.97 Å². The maximum absolute atomic E-state index is 14.1. The number of ketones is 1. The minimum Gasteiger partial charge on any atom is -0.468 e. The van der Waals surface area contributed by atoms with Gasteiger partial charge in [0.2, 0.25) is 17.6 Å². The molecule has 4 amide bonds. The fourth-order valence-electron chi connectivity index (χ4n) is 6.29. The lowest BCUT2D eigenvalue weighted by atomic mass is 9.84. The summed E-state index contributed by atoms with van der Waals surface area (Å²) in [5, 5.41) is 9.82. The summed E-state index contributed by atoms with van der Waals surface area (Å²) < 4.78 is 4.49. The average Bonchev–Trinajstić information content (AvgIpc) is 3.55. The number of nitrogens with zero attached hydrogens (tertiary/aromatic N) is 1. The van der Waals surface area contributed by atoms with E-state index in [1.807, 2.05) is 36.4 Å². The maximum Gasteiger partial charge on any atom is 0.325 e. The molecule has 11 heteroatoms. The molecule has 1 aliphatic carbocycles. The van der Waals surface area contributed by atoms with Crippen LogP contribution in [0.1, 0.15) is 75.6 Å². The monoisotopic (exact) mass is 620 g/mol. The van der Waals surface area contributed by atoms with Gasteiger partial charge in [0.05, 0.1) is 13.2 Å². The number of likely N-dealkylation sites (tertiary alicyclic amines) is 1. The minimum absolute atomic E-state index is 0.283. The lowest BCUT2D eigenvalue weighted by molar-refractivity contribution is -0.145. The van der Waals surface area contributed by atoms with Gasteiger partial charge in [-0.3, -0.25) is 28.8 Å². The number of Topliss-reactive ketones (excluding diaryl/α,β-unsaturated/α-hetero) is 1. The molecule has 1 saturated carbocycles. The van der Waals surface area contributed by atoms with Gasteiger partial charge in [-0.05, 0) is 54.0 Å². The molecule has 0 radical (unpaired) electrons. The van der Waals surface area contributed by atoms with Gasteiger partial charge in [-0.1, -0.05) is 76.3 Å². The summed E-state index contributed by atoms with van der Waals surface area (Å²) in [7, 11) is 1.16. The van der Waals surface area contributed by atoms with Gasteiger partial charge in [0.1, 0.15) is 18.6 Å². The van der Waals surface area contributed by atoms with Crippen molar-refractivity contribution in [1.29, 1.82) is 0 Å². The third-order valence-corrected chi connectivity index (χ3v) is 8.84. The molecule has 2 aromatic rings. The second kappa shape index (κ2) is 15.6. The van der Waals surface area contributed by atoms with E-state index in [0.717, 1.165) is 50.0 Å². The van der Waals surface area contributed by atoms with Crippen molar-refractivity contribution in [1.82, 2.24) is 20.9 Å². The second-order valence-electron chi connectivity index (χ2n) is 12.4. The molecule has 45 heavy (non-hydrogen) atoms. The third-order valence-electron chi connectivity index (χ3n) is 8.84. The normalized spacial score (nSPS) is 18.2. The van der Waals surface area contributed by atoms with E-state index in [9.17, 15) is 28.8 Å². The van der Waals surface area contributed by atoms with Crippen LogP contribution >= 0.6 is 0 Å². The van der Waals surface area contributed by atoms with E-state index < -0.39 is 54.2 Å². The van der Waals surface area contributed by atoms with Gasteiger partial charge in [-0.15, -0.1) is 0 Å². The fraction of sp³-hybridized carbons (Fsp3) is 0.529. The van der Waals surface area contributed by atoms with E-state index in [1.54, 1.807) is 19.9 Å². The Morgan fingerprint density at radius 2 is 1.60 bits per heavy atom. The zero-order valence-electron chi connectivity index (χ0n) is 26.3. The highest BCUT2D eigenvalue weighted by atomic mass is 16.5. The van der Waals surface area contributed by atoms with Crippen LogP contribution in [0.15, 0.2) is 42.5 Å². The molecule has 2 aliphatic rings. The van der Waals surface area contributed by atoms with Gasteiger partial charge in [0.15, 0.2) is 0 Å². The van der Waals surface area contributed by atoms with Crippen LogP contribution < -0.4 is 16.0 Å². The first-order valence-electron chi connectivity index (χ1n) is 15.9. The summed E-state index contributed by atoms with van der Waals surface area (Å²) in [5.74, 6) is -3.97. The molecule has 0 aromatic heterocycles. The van der Waals surface area contributed by atoms with Crippen LogP contribution in [0.25, 0.3) is 10.8 Å². The fourth-order valence-corrected chi connectivity index (χ4v) is 6.29. The first-order chi connectivity index (χ1) is 21.6. The molecule has 0 bridgehead atoms. The van der Waals surface area contributed by atoms with E-state index >= 15 is 0 Å². The van der Waals surface area contributed by atoms with Gasteiger partial charge in [-0.2, -0.15) is 0 Å². The Morgan fingerprint density at radius 1 is 0.889 bits per heavy atom. The topological polar surface area (TPSA) is 151 Å². The summed E-state index contributed by atoms with van der Waals surface area (Å²) >= 11 is 0. The van der Waals surface area contributed by atoms with Crippen molar-refractivity contribution in [2.75, 3.05) is 20.2 Å². The molecule has 4 rings (SSSR count). The molecule has 1 unspecified atom stereocenters. The number of hydrogen-bond donors (Lipinski definition) is 3. The number of ether oxygens (including phenoxy) is 1. The summed E-state index contributed by atoms with van der Waals surface area (Å²) in [5.41, 5.74) is 0.453. The predicted molar refractivity (Wildman–Crippen MR) is 168 cm³/mol. The van der Waals surface area contributed by atoms with E-state index in [2.05, 4.69) is 20.7 Å². The number of nitrogens with one attached hydrogen (secondary N) is 3.